The van der Waals surface area contributed by atoms with Crippen LogP contribution in [-0.2, 0) is 4.74 Å². The van der Waals surface area contributed by atoms with Crippen LogP contribution in [0.4, 0.5) is 0 Å². The Hall–Kier alpha value is -2.24. The molecule has 20 heavy (non-hydrogen) atoms. The van der Waals surface area contributed by atoms with E-state index in [-0.39, 0.29) is 18.1 Å². The van der Waals surface area contributed by atoms with Crippen LogP contribution in [-0.4, -0.2) is 32.3 Å². The van der Waals surface area contributed by atoms with Crippen molar-refractivity contribution in [3.8, 4) is 11.4 Å². The van der Waals surface area contributed by atoms with Crippen molar-refractivity contribution in [2.24, 2.45) is 0 Å². The fourth-order valence-corrected chi connectivity index (χ4v) is 1.60. The zero-order valence-electron chi connectivity index (χ0n) is 12.1. The fraction of sp³-hybridized carbons (Fsp3) is 0.429. The van der Waals surface area contributed by atoms with Gasteiger partial charge in [-0.2, -0.15) is 4.80 Å². The Morgan fingerprint density at radius 1 is 1.15 bits per heavy atom. The zero-order valence-corrected chi connectivity index (χ0v) is 12.1. The second-order valence-electron chi connectivity index (χ2n) is 5.06. The number of carbonyl (C=O) groups excluding carboxylic acids is 1. The Balaban J connectivity index is 2.17. The SMILES string of the molecule is CC(C)OC(=O)c1ccc(-c2nnn(C(C)C)n2)cc1. The van der Waals surface area contributed by atoms with E-state index in [0.29, 0.717) is 11.4 Å². The van der Waals surface area contributed by atoms with Crippen molar-refractivity contribution in [2.45, 2.75) is 39.8 Å². The lowest BCUT2D eigenvalue weighted by molar-refractivity contribution is 0.0378. The van der Waals surface area contributed by atoms with Gasteiger partial charge in [0.05, 0.1) is 17.7 Å². The smallest absolute Gasteiger partial charge is 0.338 e. The van der Waals surface area contributed by atoms with Crippen LogP contribution in [0.1, 0.15) is 44.1 Å². The second-order valence-corrected chi connectivity index (χ2v) is 5.06. The first kappa shape index (κ1) is 14.2. The fourth-order valence-electron chi connectivity index (χ4n) is 1.60. The maximum absolute atomic E-state index is 11.7. The van der Waals surface area contributed by atoms with E-state index in [1.807, 2.05) is 27.7 Å². The molecule has 0 radical (unpaired) electrons. The number of rotatable bonds is 4. The molecule has 0 aliphatic carbocycles. The van der Waals surface area contributed by atoms with Gasteiger partial charge >= 0.3 is 5.97 Å². The highest BCUT2D eigenvalue weighted by molar-refractivity contribution is 5.90. The van der Waals surface area contributed by atoms with E-state index < -0.39 is 0 Å². The van der Waals surface area contributed by atoms with Gasteiger partial charge in [0.2, 0.25) is 5.82 Å². The van der Waals surface area contributed by atoms with Gasteiger partial charge in [0, 0.05) is 5.56 Å². The number of carbonyl (C=O) groups is 1. The molecule has 0 atom stereocenters. The van der Waals surface area contributed by atoms with Gasteiger partial charge in [0.15, 0.2) is 0 Å². The molecule has 1 aromatic carbocycles. The summed E-state index contributed by atoms with van der Waals surface area (Å²) in [7, 11) is 0. The Kier molecular flexibility index (Phi) is 4.12. The van der Waals surface area contributed by atoms with Crippen LogP contribution in [0.3, 0.4) is 0 Å². The summed E-state index contributed by atoms with van der Waals surface area (Å²) in [5.74, 6) is 0.216. The van der Waals surface area contributed by atoms with Crippen molar-refractivity contribution in [3.05, 3.63) is 29.8 Å². The van der Waals surface area contributed by atoms with E-state index in [2.05, 4.69) is 15.4 Å². The summed E-state index contributed by atoms with van der Waals surface area (Å²) in [6.07, 6.45) is -0.130. The molecule has 0 unspecified atom stereocenters. The molecular formula is C14H18N4O2. The van der Waals surface area contributed by atoms with Crippen molar-refractivity contribution in [3.63, 3.8) is 0 Å². The van der Waals surface area contributed by atoms with E-state index in [0.717, 1.165) is 5.56 Å². The summed E-state index contributed by atoms with van der Waals surface area (Å²) in [4.78, 5) is 13.3. The first-order valence-corrected chi connectivity index (χ1v) is 6.58. The number of tetrazole rings is 1. The van der Waals surface area contributed by atoms with E-state index in [4.69, 9.17) is 4.74 Å². The monoisotopic (exact) mass is 274 g/mol. The number of nitrogens with zero attached hydrogens (tertiary/aromatic N) is 4. The van der Waals surface area contributed by atoms with E-state index in [9.17, 15) is 4.79 Å². The Labute approximate surface area is 117 Å². The summed E-state index contributed by atoms with van der Waals surface area (Å²) in [6, 6.07) is 7.15. The number of hydrogen-bond acceptors (Lipinski definition) is 5. The van der Waals surface area contributed by atoms with Gasteiger partial charge in [0.1, 0.15) is 0 Å². The second kappa shape index (κ2) is 5.81. The predicted molar refractivity (Wildman–Crippen MR) is 74.2 cm³/mol. The maximum Gasteiger partial charge on any atom is 0.338 e. The molecule has 2 aromatic rings. The Morgan fingerprint density at radius 2 is 1.80 bits per heavy atom. The molecule has 2 rings (SSSR count). The maximum atomic E-state index is 11.7. The van der Waals surface area contributed by atoms with Gasteiger partial charge in [-0.25, -0.2) is 4.79 Å². The molecule has 0 saturated heterocycles. The standard InChI is InChI=1S/C14H18N4O2/c1-9(2)18-16-13(15-17-18)11-5-7-12(8-6-11)14(19)20-10(3)4/h5-10H,1-4H3. The third kappa shape index (κ3) is 3.20. The number of esters is 1. The van der Waals surface area contributed by atoms with Crippen molar-refractivity contribution < 1.29 is 9.53 Å². The summed E-state index contributed by atoms with van der Waals surface area (Å²) in [5.41, 5.74) is 1.33. The van der Waals surface area contributed by atoms with E-state index in [1.54, 1.807) is 29.1 Å². The molecular weight excluding hydrogens is 256 g/mol. The predicted octanol–water partition coefficient (Wildman–Crippen LogP) is 2.49. The van der Waals surface area contributed by atoms with Crippen LogP contribution in [0.5, 0.6) is 0 Å². The van der Waals surface area contributed by atoms with Crippen molar-refractivity contribution >= 4 is 5.97 Å². The molecule has 106 valence electrons. The van der Waals surface area contributed by atoms with Crippen LogP contribution in [0.25, 0.3) is 11.4 Å². The first-order chi connectivity index (χ1) is 9.47. The van der Waals surface area contributed by atoms with Crippen molar-refractivity contribution in [1.29, 1.82) is 0 Å². The molecule has 1 aromatic heterocycles. The molecule has 0 fully saturated rings. The molecule has 6 nitrogen and oxygen atoms in total. The van der Waals surface area contributed by atoms with Crippen molar-refractivity contribution in [2.75, 3.05) is 0 Å². The summed E-state index contributed by atoms with van der Waals surface area (Å²) in [6.45, 7) is 7.60. The van der Waals surface area contributed by atoms with Gasteiger partial charge in [-0.1, -0.05) is 12.1 Å². The molecule has 0 N–H and O–H groups in total. The van der Waals surface area contributed by atoms with Crippen LogP contribution in [0.2, 0.25) is 0 Å². The molecule has 0 spiro atoms. The van der Waals surface area contributed by atoms with Crippen LogP contribution in [0, 0.1) is 0 Å². The molecule has 0 saturated carbocycles. The minimum absolute atomic E-state index is 0.130. The summed E-state index contributed by atoms with van der Waals surface area (Å²) in [5, 5.41) is 12.3. The largest absolute Gasteiger partial charge is 0.459 e. The third-order valence-corrected chi connectivity index (χ3v) is 2.61. The van der Waals surface area contributed by atoms with Gasteiger partial charge in [0.25, 0.3) is 0 Å². The quantitative estimate of drug-likeness (QED) is 0.801. The highest BCUT2D eigenvalue weighted by Crippen LogP contribution is 2.16. The molecule has 0 aliphatic rings. The van der Waals surface area contributed by atoms with Gasteiger partial charge < -0.3 is 4.74 Å². The third-order valence-electron chi connectivity index (χ3n) is 2.61. The lowest BCUT2D eigenvalue weighted by Crippen LogP contribution is -2.11. The number of aromatic nitrogens is 4. The van der Waals surface area contributed by atoms with Crippen LogP contribution >= 0.6 is 0 Å². The minimum Gasteiger partial charge on any atom is -0.459 e. The molecule has 1 heterocycles. The summed E-state index contributed by atoms with van der Waals surface area (Å²) < 4.78 is 5.13. The van der Waals surface area contributed by atoms with Gasteiger partial charge in [-0.05, 0) is 45.0 Å². The van der Waals surface area contributed by atoms with E-state index in [1.165, 1.54) is 0 Å². The minimum atomic E-state index is -0.328. The lowest BCUT2D eigenvalue weighted by atomic mass is 10.1. The molecule has 0 bridgehead atoms. The normalized spacial score (nSPS) is 11.1. The zero-order chi connectivity index (χ0) is 14.7. The summed E-state index contributed by atoms with van der Waals surface area (Å²) >= 11 is 0. The van der Waals surface area contributed by atoms with Crippen LogP contribution < -0.4 is 0 Å². The first-order valence-electron chi connectivity index (χ1n) is 6.58. The highest BCUT2D eigenvalue weighted by Gasteiger charge is 2.11. The Morgan fingerprint density at radius 3 is 2.30 bits per heavy atom. The lowest BCUT2D eigenvalue weighted by Gasteiger charge is -2.07. The highest BCUT2D eigenvalue weighted by atomic mass is 16.5. The van der Waals surface area contributed by atoms with E-state index >= 15 is 0 Å². The average Bonchev–Trinajstić information content (AvgIpc) is 2.88. The topological polar surface area (TPSA) is 69.9 Å². The average molecular weight is 274 g/mol. The molecule has 0 aliphatic heterocycles. The molecule has 0 amide bonds. The van der Waals surface area contributed by atoms with Gasteiger partial charge in [-0.3, -0.25) is 0 Å². The number of benzene rings is 1. The number of hydrogen-bond donors (Lipinski definition) is 0. The van der Waals surface area contributed by atoms with Crippen LogP contribution in [0.15, 0.2) is 24.3 Å². The van der Waals surface area contributed by atoms with Gasteiger partial charge in [-0.15, -0.1) is 10.2 Å². The molecule has 6 heteroatoms. The number of ether oxygens (including phenoxy) is 1. The van der Waals surface area contributed by atoms with Crippen molar-refractivity contribution in [1.82, 2.24) is 20.2 Å². The Bertz CT molecular complexity index is 587.